The van der Waals surface area contributed by atoms with Gasteiger partial charge in [-0.05, 0) is 48.8 Å². The van der Waals surface area contributed by atoms with E-state index in [0.717, 1.165) is 4.88 Å². The zero-order chi connectivity index (χ0) is 21.1. The molecule has 2 heterocycles. The molecular formula is C18H17Cl2N5O2S2. The molecule has 0 saturated heterocycles. The molecule has 1 atom stereocenters. The number of thiophene rings is 1. The van der Waals surface area contributed by atoms with E-state index >= 15 is 0 Å². The number of aromatic nitrogens is 3. The molecule has 0 aliphatic carbocycles. The summed E-state index contributed by atoms with van der Waals surface area (Å²) >= 11 is 18.6. The van der Waals surface area contributed by atoms with E-state index < -0.39 is 6.04 Å². The van der Waals surface area contributed by atoms with Gasteiger partial charge >= 0.3 is 0 Å². The van der Waals surface area contributed by atoms with Gasteiger partial charge in [-0.15, -0.1) is 11.3 Å². The fourth-order valence-electron chi connectivity index (χ4n) is 2.74. The second kappa shape index (κ2) is 9.08. The summed E-state index contributed by atoms with van der Waals surface area (Å²) in [5, 5.41) is 12.3. The number of aromatic amines is 1. The third-order valence-corrected chi connectivity index (χ3v) is 6.04. The summed E-state index contributed by atoms with van der Waals surface area (Å²) in [5.74, 6) is -0.0511. The average molecular weight is 470 g/mol. The molecule has 1 aromatic carbocycles. The van der Waals surface area contributed by atoms with Gasteiger partial charge in [-0.25, -0.2) is 0 Å². The topological polar surface area (TPSA) is 83.0 Å². The Morgan fingerprint density at radius 2 is 2.10 bits per heavy atom. The molecule has 3 rings (SSSR count). The lowest BCUT2D eigenvalue weighted by Crippen LogP contribution is -2.38. The summed E-state index contributed by atoms with van der Waals surface area (Å²) in [7, 11) is 1.56. The van der Waals surface area contributed by atoms with Crippen molar-refractivity contribution in [2.75, 3.05) is 18.9 Å². The Kier molecular flexibility index (Phi) is 6.74. The second-order valence-electron chi connectivity index (χ2n) is 6.25. The maximum absolute atomic E-state index is 12.9. The van der Waals surface area contributed by atoms with Gasteiger partial charge in [0.1, 0.15) is 6.04 Å². The fraction of sp³-hybridized carbons (Fsp3) is 0.222. The maximum Gasteiger partial charge on any atom is 0.245 e. The standard InChI is InChI=1S/C18H17Cl2N5O2S2/c1-10(25-16(22-23-18(25)28)14-4-3-7-29-14)17(27)24(2)9-15(26)21-11-5-6-12(19)13(20)8-11/h3-8,10H,9H2,1-2H3,(H,21,26)(H,23,28). The third kappa shape index (κ3) is 4.87. The van der Waals surface area contributed by atoms with Gasteiger partial charge in [-0.1, -0.05) is 29.3 Å². The smallest absolute Gasteiger partial charge is 0.245 e. The number of carbonyl (C=O) groups excluding carboxylic acids is 2. The lowest BCUT2D eigenvalue weighted by molar-refractivity contribution is -0.135. The van der Waals surface area contributed by atoms with Crippen LogP contribution < -0.4 is 5.32 Å². The number of halogens is 2. The van der Waals surface area contributed by atoms with Crippen molar-refractivity contribution < 1.29 is 9.59 Å². The van der Waals surface area contributed by atoms with Crippen LogP contribution in [0.5, 0.6) is 0 Å². The molecule has 0 spiro atoms. The van der Waals surface area contributed by atoms with Crippen LogP contribution in [0.2, 0.25) is 10.0 Å². The first-order valence-corrected chi connectivity index (χ1v) is 10.5. The predicted octanol–water partition coefficient (Wildman–Crippen LogP) is 4.63. The van der Waals surface area contributed by atoms with Gasteiger partial charge in [0.05, 0.1) is 21.5 Å². The predicted molar refractivity (Wildman–Crippen MR) is 118 cm³/mol. The molecule has 29 heavy (non-hydrogen) atoms. The van der Waals surface area contributed by atoms with Crippen molar-refractivity contribution in [2.24, 2.45) is 0 Å². The molecule has 11 heteroatoms. The minimum absolute atomic E-state index is 0.136. The van der Waals surface area contributed by atoms with E-state index in [2.05, 4.69) is 15.5 Å². The van der Waals surface area contributed by atoms with Crippen LogP contribution in [-0.4, -0.2) is 45.1 Å². The Balaban J connectivity index is 1.70. The van der Waals surface area contributed by atoms with Crippen molar-refractivity contribution in [1.82, 2.24) is 19.7 Å². The van der Waals surface area contributed by atoms with Crippen molar-refractivity contribution >= 4 is 64.3 Å². The Hall–Kier alpha value is -2.20. The fourth-order valence-corrected chi connectivity index (χ4v) is 4.04. The number of likely N-dealkylation sites (N-methyl/N-ethyl adjacent to an activating group) is 1. The normalized spacial score (nSPS) is 11.9. The Morgan fingerprint density at radius 3 is 2.76 bits per heavy atom. The number of H-pyrrole nitrogens is 1. The van der Waals surface area contributed by atoms with E-state index in [4.69, 9.17) is 35.4 Å². The van der Waals surface area contributed by atoms with Crippen LogP contribution in [0.25, 0.3) is 10.7 Å². The van der Waals surface area contributed by atoms with Crippen molar-refractivity contribution in [3.63, 3.8) is 0 Å². The van der Waals surface area contributed by atoms with Crippen molar-refractivity contribution in [1.29, 1.82) is 0 Å². The quantitative estimate of drug-likeness (QED) is 0.515. The van der Waals surface area contributed by atoms with E-state index in [1.807, 2.05) is 17.5 Å². The molecule has 0 aliphatic rings. The largest absolute Gasteiger partial charge is 0.335 e. The summed E-state index contributed by atoms with van der Waals surface area (Å²) in [5.41, 5.74) is 0.496. The van der Waals surface area contributed by atoms with Crippen LogP contribution in [0.4, 0.5) is 5.69 Å². The lowest BCUT2D eigenvalue weighted by atomic mass is 10.2. The van der Waals surface area contributed by atoms with Gasteiger partial charge < -0.3 is 10.2 Å². The molecule has 1 unspecified atom stereocenters. The summed E-state index contributed by atoms with van der Waals surface area (Å²) in [6.07, 6.45) is 0. The highest BCUT2D eigenvalue weighted by molar-refractivity contribution is 7.71. The molecule has 7 nitrogen and oxygen atoms in total. The van der Waals surface area contributed by atoms with Gasteiger partial charge in [0.25, 0.3) is 0 Å². The minimum atomic E-state index is -0.638. The Morgan fingerprint density at radius 1 is 1.34 bits per heavy atom. The number of nitrogens with zero attached hydrogens (tertiary/aromatic N) is 3. The SMILES string of the molecule is CC(C(=O)N(C)CC(=O)Nc1ccc(Cl)c(Cl)c1)n1c(-c2cccs2)n[nH]c1=S. The number of carbonyl (C=O) groups is 2. The van der Waals surface area contributed by atoms with Crippen LogP contribution in [0, 0.1) is 4.77 Å². The first-order chi connectivity index (χ1) is 13.8. The van der Waals surface area contributed by atoms with Crippen molar-refractivity contribution in [3.8, 4) is 10.7 Å². The Bertz CT molecular complexity index is 1090. The van der Waals surface area contributed by atoms with Gasteiger partial charge in [0.2, 0.25) is 11.8 Å². The maximum atomic E-state index is 12.9. The molecule has 2 aromatic heterocycles. The minimum Gasteiger partial charge on any atom is -0.335 e. The van der Waals surface area contributed by atoms with Crippen molar-refractivity contribution in [3.05, 3.63) is 50.5 Å². The average Bonchev–Trinajstić information content (AvgIpc) is 3.32. The van der Waals surface area contributed by atoms with E-state index in [0.29, 0.717) is 26.3 Å². The number of amides is 2. The number of anilines is 1. The molecular weight excluding hydrogens is 453 g/mol. The van der Waals surface area contributed by atoms with Crippen LogP contribution in [0.1, 0.15) is 13.0 Å². The zero-order valence-electron chi connectivity index (χ0n) is 15.5. The summed E-state index contributed by atoms with van der Waals surface area (Å²) in [6, 6.07) is 7.93. The van der Waals surface area contributed by atoms with E-state index in [-0.39, 0.29) is 18.4 Å². The van der Waals surface area contributed by atoms with Crippen LogP contribution in [0.3, 0.4) is 0 Å². The van der Waals surface area contributed by atoms with Crippen LogP contribution in [0.15, 0.2) is 35.7 Å². The first kappa shape index (κ1) is 21.5. The molecule has 152 valence electrons. The number of nitrogens with one attached hydrogen (secondary N) is 2. The number of benzene rings is 1. The molecule has 0 aliphatic heterocycles. The first-order valence-electron chi connectivity index (χ1n) is 8.48. The number of hydrogen-bond acceptors (Lipinski definition) is 5. The summed E-state index contributed by atoms with van der Waals surface area (Å²) in [6.45, 7) is 1.58. The molecule has 0 saturated carbocycles. The number of hydrogen-bond donors (Lipinski definition) is 2. The highest BCUT2D eigenvalue weighted by Crippen LogP contribution is 2.27. The van der Waals surface area contributed by atoms with E-state index in [1.165, 1.54) is 16.2 Å². The van der Waals surface area contributed by atoms with Gasteiger partial charge in [0, 0.05) is 12.7 Å². The highest BCUT2D eigenvalue weighted by atomic mass is 35.5. The summed E-state index contributed by atoms with van der Waals surface area (Å²) < 4.78 is 1.99. The van der Waals surface area contributed by atoms with Gasteiger partial charge in [0.15, 0.2) is 10.6 Å². The zero-order valence-corrected chi connectivity index (χ0v) is 18.6. The van der Waals surface area contributed by atoms with E-state index in [9.17, 15) is 9.59 Å². The number of rotatable bonds is 6. The molecule has 2 N–H and O–H groups in total. The highest BCUT2D eigenvalue weighted by Gasteiger charge is 2.25. The van der Waals surface area contributed by atoms with Crippen LogP contribution >= 0.6 is 46.8 Å². The van der Waals surface area contributed by atoms with Crippen LogP contribution in [-0.2, 0) is 9.59 Å². The monoisotopic (exact) mass is 469 g/mol. The molecule has 0 bridgehead atoms. The third-order valence-electron chi connectivity index (χ3n) is 4.15. The van der Waals surface area contributed by atoms with Gasteiger partial charge in [-0.3, -0.25) is 19.3 Å². The summed E-state index contributed by atoms with van der Waals surface area (Å²) in [4.78, 5) is 27.5. The second-order valence-corrected chi connectivity index (χ2v) is 8.40. The molecule has 2 amide bonds. The van der Waals surface area contributed by atoms with E-state index in [1.54, 1.807) is 36.7 Å². The molecule has 0 radical (unpaired) electrons. The molecule has 0 fully saturated rings. The lowest BCUT2D eigenvalue weighted by Gasteiger charge is -2.22. The van der Waals surface area contributed by atoms with Gasteiger partial charge in [-0.2, -0.15) is 5.10 Å². The molecule has 3 aromatic rings. The van der Waals surface area contributed by atoms with Crippen molar-refractivity contribution in [2.45, 2.75) is 13.0 Å². The Labute approximate surface area is 186 Å².